The maximum absolute atomic E-state index is 13.5. The molecule has 0 spiro atoms. The van der Waals surface area contributed by atoms with E-state index in [0.717, 1.165) is 5.56 Å². The third-order valence-corrected chi connectivity index (χ3v) is 5.79. The molecule has 2 aromatic carbocycles. The molecule has 0 aliphatic rings. The molecular formula is C25H29F3N2O2. The Balaban J connectivity index is 2.33. The van der Waals surface area contributed by atoms with Gasteiger partial charge in [-0.1, -0.05) is 70.0 Å². The topological polar surface area (TPSA) is 69.1 Å². The van der Waals surface area contributed by atoms with E-state index >= 15 is 0 Å². The number of hydrogen-bond donors (Lipinski definition) is 1. The first kappa shape index (κ1) is 23.8. The van der Waals surface area contributed by atoms with E-state index in [0.29, 0.717) is 53.9 Å². The van der Waals surface area contributed by atoms with Gasteiger partial charge in [-0.25, -0.2) is 0 Å². The van der Waals surface area contributed by atoms with Crippen molar-refractivity contribution in [2.45, 2.75) is 71.4 Å². The van der Waals surface area contributed by atoms with Gasteiger partial charge in [0.25, 0.3) is 0 Å². The minimum absolute atomic E-state index is 0.0634. The number of nitrogens with zero attached hydrogens (tertiary/aromatic N) is 1. The van der Waals surface area contributed by atoms with Gasteiger partial charge in [0.05, 0.1) is 11.3 Å². The van der Waals surface area contributed by atoms with Gasteiger partial charge in [-0.3, -0.25) is 4.79 Å². The molecule has 1 atom stereocenters. The second kappa shape index (κ2) is 9.35. The Kier molecular flexibility index (Phi) is 6.96. The first-order valence-electron chi connectivity index (χ1n) is 11.0. The second-order valence-electron chi connectivity index (χ2n) is 8.49. The summed E-state index contributed by atoms with van der Waals surface area (Å²) in [4.78, 5) is 12.7. The van der Waals surface area contributed by atoms with Gasteiger partial charge in [-0.15, -0.1) is 0 Å². The van der Waals surface area contributed by atoms with E-state index in [1.807, 2.05) is 38.1 Å². The standard InChI is InChI=1S/C25H29F3N2O2/c1-5-7-17-13-19-22(32-30-23(19)25(26,27)28)18(8-6-2)20(17)21(24(29)31)16-11-9-15(10-12-16)14(3)4/h9-14,21H,5-8H2,1-4H3,(H2,29,31). The van der Waals surface area contributed by atoms with Crippen LogP contribution in [0, 0.1) is 0 Å². The minimum Gasteiger partial charge on any atom is -0.369 e. The van der Waals surface area contributed by atoms with Crippen LogP contribution in [0.5, 0.6) is 0 Å². The summed E-state index contributed by atoms with van der Waals surface area (Å²) in [5.74, 6) is -1.01. The van der Waals surface area contributed by atoms with Crippen molar-refractivity contribution >= 4 is 16.9 Å². The van der Waals surface area contributed by atoms with Crippen LogP contribution in [0.1, 0.15) is 85.9 Å². The van der Waals surface area contributed by atoms with Gasteiger partial charge in [0, 0.05) is 5.56 Å². The molecule has 1 aromatic heterocycles. The highest BCUT2D eigenvalue weighted by atomic mass is 19.4. The molecule has 4 nitrogen and oxygen atoms in total. The largest absolute Gasteiger partial charge is 0.437 e. The molecule has 0 bridgehead atoms. The highest BCUT2D eigenvalue weighted by Crippen LogP contribution is 2.41. The Hall–Kier alpha value is -2.83. The van der Waals surface area contributed by atoms with Crippen molar-refractivity contribution < 1.29 is 22.5 Å². The number of nitrogens with two attached hydrogens (primary N) is 1. The second-order valence-corrected chi connectivity index (χ2v) is 8.49. The van der Waals surface area contributed by atoms with E-state index in [-0.39, 0.29) is 11.0 Å². The quantitative estimate of drug-likeness (QED) is 0.430. The summed E-state index contributed by atoms with van der Waals surface area (Å²) in [6.07, 6.45) is -2.30. The van der Waals surface area contributed by atoms with Gasteiger partial charge >= 0.3 is 6.18 Å². The van der Waals surface area contributed by atoms with Crippen molar-refractivity contribution in [3.63, 3.8) is 0 Å². The highest BCUT2D eigenvalue weighted by Gasteiger charge is 2.39. The SMILES string of the molecule is CCCc1cc2c(C(F)(F)F)noc2c(CCC)c1C(C(N)=O)c1ccc(C(C)C)cc1. The molecule has 1 unspecified atom stereocenters. The lowest BCUT2D eigenvalue weighted by atomic mass is 9.80. The van der Waals surface area contributed by atoms with Crippen molar-refractivity contribution in [1.29, 1.82) is 0 Å². The fourth-order valence-electron chi connectivity index (χ4n) is 4.30. The van der Waals surface area contributed by atoms with Gasteiger partial charge in [0.15, 0.2) is 11.3 Å². The Morgan fingerprint density at radius 1 is 1.06 bits per heavy atom. The molecule has 3 aromatic rings. The number of carbonyl (C=O) groups excluding carboxylic acids is 1. The zero-order valence-corrected chi connectivity index (χ0v) is 18.8. The highest BCUT2D eigenvalue weighted by molar-refractivity contribution is 5.91. The number of rotatable bonds is 8. The van der Waals surface area contributed by atoms with Crippen molar-refractivity contribution in [3.05, 3.63) is 63.8 Å². The number of fused-ring (bicyclic) bond motifs is 1. The molecule has 7 heteroatoms. The number of carbonyl (C=O) groups is 1. The molecule has 32 heavy (non-hydrogen) atoms. The summed E-state index contributed by atoms with van der Waals surface area (Å²) in [7, 11) is 0. The Morgan fingerprint density at radius 2 is 1.66 bits per heavy atom. The number of amides is 1. The Morgan fingerprint density at radius 3 is 2.16 bits per heavy atom. The number of halogens is 3. The predicted molar refractivity (Wildman–Crippen MR) is 119 cm³/mol. The predicted octanol–water partition coefficient (Wildman–Crippen LogP) is 6.49. The molecule has 0 aliphatic carbocycles. The van der Waals surface area contributed by atoms with E-state index in [9.17, 15) is 18.0 Å². The number of benzene rings is 2. The van der Waals surface area contributed by atoms with E-state index in [1.54, 1.807) is 0 Å². The fraction of sp³-hybridized carbons (Fsp3) is 0.440. The van der Waals surface area contributed by atoms with Crippen LogP contribution in [-0.4, -0.2) is 11.1 Å². The van der Waals surface area contributed by atoms with E-state index in [2.05, 4.69) is 19.0 Å². The Labute approximate surface area is 186 Å². The summed E-state index contributed by atoms with van der Waals surface area (Å²) in [6, 6.07) is 9.16. The summed E-state index contributed by atoms with van der Waals surface area (Å²) in [6.45, 7) is 8.03. The van der Waals surface area contributed by atoms with Crippen molar-refractivity contribution in [3.8, 4) is 0 Å². The first-order chi connectivity index (χ1) is 15.1. The number of alkyl halides is 3. The molecule has 2 N–H and O–H groups in total. The van der Waals surface area contributed by atoms with Gasteiger partial charge in [-0.2, -0.15) is 13.2 Å². The van der Waals surface area contributed by atoms with Crippen LogP contribution in [-0.2, 0) is 23.8 Å². The van der Waals surface area contributed by atoms with Crippen molar-refractivity contribution in [2.75, 3.05) is 0 Å². The number of hydrogen-bond acceptors (Lipinski definition) is 3. The molecule has 172 valence electrons. The third-order valence-electron chi connectivity index (χ3n) is 5.79. The van der Waals surface area contributed by atoms with Crippen LogP contribution >= 0.6 is 0 Å². The lowest BCUT2D eigenvalue weighted by Gasteiger charge is -2.23. The van der Waals surface area contributed by atoms with Crippen LogP contribution in [0.15, 0.2) is 34.9 Å². The first-order valence-corrected chi connectivity index (χ1v) is 11.0. The molecule has 0 saturated carbocycles. The normalized spacial score (nSPS) is 13.1. The van der Waals surface area contributed by atoms with Crippen molar-refractivity contribution in [2.24, 2.45) is 5.73 Å². The maximum atomic E-state index is 13.5. The van der Waals surface area contributed by atoms with Crippen LogP contribution in [0.3, 0.4) is 0 Å². The third kappa shape index (κ3) is 4.52. The van der Waals surface area contributed by atoms with Crippen LogP contribution in [0.25, 0.3) is 11.0 Å². The zero-order valence-electron chi connectivity index (χ0n) is 18.8. The summed E-state index contributed by atoms with van der Waals surface area (Å²) in [5.41, 5.74) is 8.67. The molecule has 1 heterocycles. The molecule has 0 fully saturated rings. The lowest BCUT2D eigenvalue weighted by molar-refractivity contribution is -0.141. The van der Waals surface area contributed by atoms with Gasteiger partial charge < -0.3 is 10.3 Å². The average Bonchev–Trinajstić information content (AvgIpc) is 3.15. The van der Waals surface area contributed by atoms with Gasteiger partial charge in [0.1, 0.15) is 0 Å². The summed E-state index contributed by atoms with van der Waals surface area (Å²) >= 11 is 0. The zero-order chi connectivity index (χ0) is 23.6. The molecule has 0 radical (unpaired) electrons. The number of aromatic nitrogens is 1. The molecular weight excluding hydrogens is 417 g/mol. The molecule has 0 saturated heterocycles. The van der Waals surface area contributed by atoms with Crippen LogP contribution in [0.2, 0.25) is 0 Å². The van der Waals surface area contributed by atoms with E-state index < -0.39 is 23.7 Å². The van der Waals surface area contributed by atoms with E-state index in [4.69, 9.17) is 10.3 Å². The Bertz CT molecular complexity index is 1100. The monoisotopic (exact) mass is 446 g/mol. The lowest BCUT2D eigenvalue weighted by Crippen LogP contribution is -2.25. The molecule has 3 rings (SSSR count). The minimum atomic E-state index is -4.63. The molecule has 1 amide bonds. The fourth-order valence-corrected chi connectivity index (χ4v) is 4.30. The summed E-state index contributed by atoms with van der Waals surface area (Å²) in [5, 5.41) is 3.28. The smallest absolute Gasteiger partial charge is 0.369 e. The number of aryl methyl sites for hydroxylation is 2. The van der Waals surface area contributed by atoms with Crippen LogP contribution < -0.4 is 5.73 Å². The number of primary amides is 1. The molecule has 0 aliphatic heterocycles. The van der Waals surface area contributed by atoms with Gasteiger partial charge in [0.2, 0.25) is 5.91 Å². The average molecular weight is 447 g/mol. The van der Waals surface area contributed by atoms with E-state index in [1.165, 1.54) is 6.07 Å². The maximum Gasteiger partial charge on any atom is 0.437 e. The summed E-state index contributed by atoms with van der Waals surface area (Å²) < 4.78 is 45.9. The van der Waals surface area contributed by atoms with Gasteiger partial charge in [-0.05, 0) is 47.1 Å². The van der Waals surface area contributed by atoms with Crippen LogP contribution in [0.4, 0.5) is 13.2 Å². The van der Waals surface area contributed by atoms with Crippen molar-refractivity contribution in [1.82, 2.24) is 5.16 Å².